The quantitative estimate of drug-likeness (QED) is 0.150. The zero-order chi connectivity index (χ0) is 40.2. The average Bonchev–Trinajstić information content (AvgIpc) is 4.04. The van der Waals surface area contributed by atoms with Crippen molar-refractivity contribution in [3.8, 4) is 22.7 Å². The molecule has 0 spiro atoms. The molecule has 0 aliphatic carbocycles. The van der Waals surface area contributed by atoms with Gasteiger partial charge in [-0.05, 0) is 103 Å². The summed E-state index contributed by atoms with van der Waals surface area (Å²) in [5.41, 5.74) is 15.3. The van der Waals surface area contributed by atoms with Crippen LogP contribution in [0.1, 0.15) is 5.56 Å². The molecule has 61 heavy (non-hydrogen) atoms. The summed E-state index contributed by atoms with van der Waals surface area (Å²) in [5.74, 6) is 0. The van der Waals surface area contributed by atoms with E-state index in [2.05, 4.69) is 225 Å². The summed E-state index contributed by atoms with van der Waals surface area (Å²) in [6, 6.07) is 73.6. The van der Waals surface area contributed by atoms with Gasteiger partial charge >= 0.3 is 0 Å². The van der Waals surface area contributed by atoms with Crippen molar-refractivity contribution in [3.05, 3.63) is 218 Å². The molecule has 9 aromatic carbocycles. The number of rotatable bonds is 6. The van der Waals surface area contributed by atoms with Crippen molar-refractivity contribution in [2.45, 2.75) is 6.42 Å². The van der Waals surface area contributed by atoms with Crippen LogP contribution >= 0.6 is 0 Å². The van der Waals surface area contributed by atoms with E-state index in [1.165, 1.54) is 92.8 Å². The Morgan fingerprint density at radius 3 is 0.885 bits per heavy atom. The van der Waals surface area contributed by atoms with Crippen LogP contribution in [-0.4, -0.2) is 18.3 Å². The lowest BCUT2D eigenvalue weighted by molar-refractivity contribution is 1.11. The molecule has 0 fully saturated rings. The van der Waals surface area contributed by atoms with Crippen molar-refractivity contribution >= 4 is 87.2 Å². The van der Waals surface area contributed by atoms with Crippen LogP contribution in [-0.2, 0) is 6.42 Å². The number of nitrogens with zero attached hydrogens (tertiary/aromatic N) is 4. The van der Waals surface area contributed by atoms with E-state index in [1.54, 1.807) is 0 Å². The van der Waals surface area contributed by atoms with E-state index in [0.29, 0.717) is 0 Å². The summed E-state index contributed by atoms with van der Waals surface area (Å²) in [5, 5.41) is 9.95. The first-order valence-corrected chi connectivity index (χ1v) is 21.0. The minimum Gasteiger partial charge on any atom is -0.309 e. The molecule has 0 saturated heterocycles. The molecule has 4 nitrogen and oxygen atoms in total. The van der Waals surface area contributed by atoms with Gasteiger partial charge in [0.15, 0.2) is 0 Å². The Morgan fingerprint density at radius 2 is 0.557 bits per heavy atom. The fourth-order valence-electron chi connectivity index (χ4n) is 10.4. The van der Waals surface area contributed by atoms with Crippen LogP contribution in [0.3, 0.4) is 0 Å². The predicted octanol–water partition coefficient (Wildman–Crippen LogP) is 14.8. The molecule has 0 unspecified atom stereocenters. The Kier molecular flexibility index (Phi) is 7.19. The second-order valence-corrected chi connectivity index (χ2v) is 16.2. The van der Waals surface area contributed by atoms with Gasteiger partial charge < -0.3 is 18.3 Å². The van der Waals surface area contributed by atoms with Crippen LogP contribution < -0.4 is 0 Å². The van der Waals surface area contributed by atoms with Gasteiger partial charge in [0, 0.05) is 65.8 Å². The first kappa shape index (κ1) is 33.8. The van der Waals surface area contributed by atoms with Gasteiger partial charge in [-0.3, -0.25) is 0 Å². The van der Waals surface area contributed by atoms with Crippen molar-refractivity contribution in [1.29, 1.82) is 0 Å². The lowest BCUT2D eigenvalue weighted by Gasteiger charge is -2.16. The Balaban J connectivity index is 1.03. The minimum absolute atomic E-state index is 0.755. The van der Waals surface area contributed by atoms with Crippen LogP contribution in [0.2, 0.25) is 0 Å². The van der Waals surface area contributed by atoms with E-state index < -0.39 is 0 Å². The number of hydrogen-bond acceptors (Lipinski definition) is 0. The van der Waals surface area contributed by atoms with Gasteiger partial charge in [0.25, 0.3) is 0 Å². The second-order valence-electron chi connectivity index (χ2n) is 16.2. The molecule has 13 rings (SSSR count). The van der Waals surface area contributed by atoms with Crippen LogP contribution in [0.4, 0.5) is 0 Å². The molecular formula is C57H38N4. The van der Waals surface area contributed by atoms with Gasteiger partial charge in [-0.1, -0.05) is 115 Å². The molecule has 0 aliphatic rings. The van der Waals surface area contributed by atoms with Crippen LogP contribution in [0.15, 0.2) is 213 Å². The predicted molar refractivity (Wildman–Crippen MR) is 258 cm³/mol. The Bertz CT molecular complexity index is 3580. The summed E-state index contributed by atoms with van der Waals surface area (Å²) >= 11 is 0. The van der Waals surface area contributed by atoms with Crippen molar-refractivity contribution in [1.82, 2.24) is 18.3 Å². The normalized spacial score (nSPS) is 12.1. The number of para-hydroxylation sites is 6. The lowest BCUT2D eigenvalue weighted by Crippen LogP contribution is -2.01. The number of aromatic nitrogens is 4. The molecule has 13 aromatic rings. The molecular weight excluding hydrogens is 741 g/mol. The average molecular weight is 779 g/mol. The fourth-order valence-corrected chi connectivity index (χ4v) is 10.4. The maximum Gasteiger partial charge on any atom is 0.0542 e. The highest BCUT2D eigenvalue weighted by molar-refractivity contribution is 6.14. The summed E-state index contributed by atoms with van der Waals surface area (Å²) < 4.78 is 9.72. The fraction of sp³-hybridized carbons (Fsp3) is 0.0175. The third-order valence-corrected chi connectivity index (χ3v) is 12.8. The highest BCUT2D eigenvalue weighted by Crippen LogP contribution is 2.40. The van der Waals surface area contributed by atoms with Gasteiger partial charge in [0.05, 0.1) is 44.1 Å². The van der Waals surface area contributed by atoms with Crippen molar-refractivity contribution < 1.29 is 0 Å². The highest BCUT2D eigenvalue weighted by Gasteiger charge is 2.20. The Hall–Kier alpha value is -8.08. The molecule has 4 heteroatoms. The SMILES string of the molecule is C=CCc1cc(-n2c3ccccc3c3cc(-n4c5ccccc5c5ccccc54)ccc32)cc(-n2c3ccccc3c3cc(-n4c5ccccc5c5ccccc54)ccc32)c1. The summed E-state index contributed by atoms with van der Waals surface area (Å²) in [6.45, 7) is 4.18. The van der Waals surface area contributed by atoms with Crippen molar-refractivity contribution in [3.63, 3.8) is 0 Å². The maximum absolute atomic E-state index is 4.18. The molecule has 0 saturated carbocycles. The number of hydrogen-bond donors (Lipinski definition) is 0. The van der Waals surface area contributed by atoms with Crippen LogP contribution in [0.5, 0.6) is 0 Å². The maximum atomic E-state index is 4.18. The largest absolute Gasteiger partial charge is 0.309 e. The van der Waals surface area contributed by atoms with Gasteiger partial charge in [0.1, 0.15) is 0 Å². The molecule has 0 atom stereocenters. The third-order valence-electron chi connectivity index (χ3n) is 12.8. The zero-order valence-corrected chi connectivity index (χ0v) is 33.3. The van der Waals surface area contributed by atoms with Gasteiger partial charge in [0.2, 0.25) is 0 Å². The Labute approximate surface area is 351 Å². The molecule has 286 valence electrons. The van der Waals surface area contributed by atoms with Crippen molar-refractivity contribution in [2.24, 2.45) is 0 Å². The molecule has 0 amide bonds. The van der Waals surface area contributed by atoms with E-state index in [1.807, 2.05) is 6.08 Å². The van der Waals surface area contributed by atoms with E-state index >= 15 is 0 Å². The van der Waals surface area contributed by atoms with Gasteiger partial charge in [-0.15, -0.1) is 6.58 Å². The minimum atomic E-state index is 0.755. The van der Waals surface area contributed by atoms with E-state index in [4.69, 9.17) is 0 Å². The van der Waals surface area contributed by atoms with E-state index in [9.17, 15) is 0 Å². The number of allylic oxidation sites excluding steroid dienone is 1. The summed E-state index contributed by atoms with van der Waals surface area (Å²) in [7, 11) is 0. The molecule has 0 bridgehead atoms. The number of benzene rings is 9. The molecule has 4 aromatic heterocycles. The van der Waals surface area contributed by atoms with Crippen LogP contribution in [0.25, 0.3) is 110 Å². The van der Waals surface area contributed by atoms with Crippen molar-refractivity contribution in [2.75, 3.05) is 0 Å². The van der Waals surface area contributed by atoms with Gasteiger partial charge in [-0.25, -0.2) is 0 Å². The molecule has 0 radical (unpaired) electrons. The highest BCUT2D eigenvalue weighted by atomic mass is 15.0. The Morgan fingerprint density at radius 1 is 0.279 bits per heavy atom. The molecule has 4 heterocycles. The number of fused-ring (bicyclic) bond motifs is 12. The third kappa shape index (κ3) is 4.87. The summed E-state index contributed by atoms with van der Waals surface area (Å²) in [4.78, 5) is 0. The zero-order valence-electron chi connectivity index (χ0n) is 33.3. The van der Waals surface area contributed by atoms with E-state index in [0.717, 1.165) is 29.2 Å². The van der Waals surface area contributed by atoms with E-state index in [-0.39, 0.29) is 0 Å². The smallest absolute Gasteiger partial charge is 0.0542 e. The molecule has 0 aliphatic heterocycles. The topological polar surface area (TPSA) is 19.7 Å². The summed E-state index contributed by atoms with van der Waals surface area (Å²) in [6.07, 6.45) is 2.77. The standard InChI is InChI=1S/C57H38N4/c1-2-15-37-32-40(60-54-26-13-7-20-46(54)48-35-38(28-30-56(48)60)58-50-22-9-3-16-42(50)43-17-4-10-23-51(43)58)34-41(33-37)61-55-27-14-8-21-47(55)49-36-39(29-31-57(49)61)59-52-24-11-5-18-44(52)45-19-6-12-25-53(45)59/h2-14,16-36H,1,15H2. The van der Waals surface area contributed by atoms with Crippen LogP contribution in [0, 0.1) is 0 Å². The second kappa shape index (κ2) is 13.0. The van der Waals surface area contributed by atoms with Gasteiger partial charge in [-0.2, -0.15) is 0 Å². The molecule has 0 N–H and O–H groups in total. The first-order chi connectivity index (χ1) is 30.2. The first-order valence-electron chi connectivity index (χ1n) is 21.0. The lowest BCUT2D eigenvalue weighted by atomic mass is 10.1. The monoisotopic (exact) mass is 778 g/mol.